The van der Waals surface area contributed by atoms with Crippen LogP contribution in [0.25, 0.3) is 0 Å². The molecule has 3 rings (SSSR count). The zero-order chi connectivity index (χ0) is 18.7. The van der Waals surface area contributed by atoms with Crippen molar-refractivity contribution >= 4 is 23.4 Å². The fourth-order valence-corrected chi connectivity index (χ4v) is 3.11. The van der Waals surface area contributed by atoms with Gasteiger partial charge in [-0.1, -0.05) is 29.8 Å². The van der Waals surface area contributed by atoms with Gasteiger partial charge in [0.05, 0.1) is 6.10 Å². The molecule has 0 spiro atoms. The number of amides is 2. The molecule has 2 aromatic carbocycles. The van der Waals surface area contributed by atoms with E-state index in [-0.39, 0.29) is 31.0 Å². The summed E-state index contributed by atoms with van der Waals surface area (Å²) in [6, 6.07) is 11.5. The average Bonchev–Trinajstić information content (AvgIpc) is 3.02. The van der Waals surface area contributed by atoms with E-state index >= 15 is 0 Å². The van der Waals surface area contributed by atoms with Crippen molar-refractivity contribution in [2.45, 2.75) is 25.1 Å². The summed E-state index contributed by atoms with van der Waals surface area (Å²) in [7, 11) is 0. The summed E-state index contributed by atoms with van der Waals surface area (Å²) in [5, 5.41) is 13.3. The molecule has 0 aromatic heterocycles. The standard InChI is InChI=1S/C19H18ClFN2O3/c20-14-6-4-12(5-7-14)10-22-18(25)17-9-16(24)11-23(17)19(26)13-2-1-3-15(21)8-13/h1-8,16-17,24H,9-11H2,(H,22,25). The Kier molecular flexibility index (Phi) is 5.54. The molecule has 2 N–H and O–H groups in total. The third-order valence-electron chi connectivity index (χ3n) is 4.29. The van der Waals surface area contributed by atoms with E-state index in [1.807, 2.05) is 0 Å². The van der Waals surface area contributed by atoms with Gasteiger partial charge in [0.2, 0.25) is 5.91 Å². The minimum absolute atomic E-state index is 0.0361. The fourth-order valence-electron chi connectivity index (χ4n) is 2.98. The van der Waals surface area contributed by atoms with Crippen molar-refractivity contribution in [3.63, 3.8) is 0 Å². The van der Waals surface area contributed by atoms with E-state index < -0.39 is 23.9 Å². The van der Waals surface area contributed by atoms with Crippen molar-refractivity contribution in [2.75, 3.05) is 6.54 Å². The van der Waals surface area contributed by atoms with Gasteiger partial charge in [0.1, 0.15) is 11.9 Å². The summed E-state index contributed by atoms with van der Waals surface area (Å²) >= 11 is 5.83. The number of carbonyl (C=O) groups is 2. The molecule has 0 aliphatic carbocycles. The van der Waals surface area contributed by atoms with Gasteiger partial charge in [-0.15, -0.1) is 0 Å². The van der Waals surface area contributed by atoms with Crippen molar-refractivity contribution in [1.82, 2.24) is 10.2 Å². The molecule has 2 atom stereocenters. The first-order chi connectivity index (χ1) is 12.4. The molecule has 2 amide bonds. The maximum Gasteiger partial charge on any atom is 0.254 e. The SMILES string of the molecule is O=C(NCc1ccc(Cl)cc1)C1CC(O)CN1C(=O)c1cccc(F)c1. The van der Waals surface area contributed by atoms with Gasteiger partial charge < -0.3 is 15.3 Å². The molecule has 0 radical (unpaired) electrons. The topological polar surface area (TPSA) is 69.6 Å². The first-order valence-electron chi connectivity index (χ1n) is 8.21. The van der Waals surface area contributed by atoms with Crippen molar-refractivity contribution < 1.29 is 19.1 Å². The van der Waals surface area contributed by atoms with E-state index in [1.54, 1.807) is 24.3 Å². The van der Waals surface area contributed by atoms with Gasteiger partial charge in [-0.05, 0) is 35.9 Å². The van der Waals surface area contributed by atoms with Gasteiger partial charge >= 0.3 is 0 Å². The third kappa shape index (κ3) is 4.20. The van der Waals surface area contributed by atoms with Gasteiger partial charge in [-0.3, -0.25) is 9.59 Å². The Morgan fingerprint density at radius 1 is 1.23 bits per heavy atom. The summed E-state index contributed by atoms with van der Waals surface area (Å²) in [6.45, 7) is 0.318. The Labute approximate surface area is 155 Å². The van der Waals surface area contributed by atoms with Gasteiger partial charge in [-0.2, -0.15) is 0 Å². The lowest BCUT2D eigenvalue weighted by Gasteiger charge is -2.23. The molecule has 1 aliphatic heterocycles. The lowest BCUT2D eigenvalue weighted by Crippen LogP contribution is -2.45. The maximum atomic E-state index is 13.4. The monoisotopic (exact) mass is 376 g/mol. The van der Waals surface area contributed by atoms with Crippen LogP contribution in [0.5, 0.6) is 0 Å². The number of aliphatic hydroxyl groups is 1. The molecule has 0 saturated carbocycles. The lowest BCUT2D eigenvalue weighted by molar-refractivity contribution is -0.125. The Morgan fingerprint density at radius 2 is 1.96 bits per heavy atom. The van der Waals surface area contributed by atoms with Crippen LogP contribution in [-0.2, 0) is 11.3 Å². The molecule has 0 bridgehead atoms. The number of aliphatic hydroxyl groups excluding tert-OH is 1. The number of benzene rings is 2. The fraction of sp³-hybridized carbons (Fsp3) is 0.263. The molecule has 26 heavy (non-hydrogen) atoms. The Bertz CT molecular complexity index is 813. The van der Waals surface area contributed by atoms with Crippen LogP contribution < -0.4 is 5.32 Å². The minimum atomic E-state index is -0.798. The van der Waals surface area contributed by atoms with Gasteiger partial charge in [0.15, 0.2) is 0 Å². The van der Waals surface area contributed by atoms with Crippen molar-refractivity contribution in [3.05, 3.63) is 70.5 Å². The zero-order valence-electron chi connectivity index (χ0n) is 13.9. The van der Waals surface area contributed by atoms with Crippen LogP contribution in [0.15, 0.2) is 48.5 Å². The van der Waals surface area contributed by atoms with Crippen molar-refractivity contribution in [1.29, 1.82) is 0 Å². The molecule has 2 unspecified atom stereocenters. The van der Waals surface area contributed by atoms with Crippen molar-refractivity contribution in [3.8, 4) is 0 Å². The summed E-state index contributed by atoms with van der Waals surface area (Å²) in [4.78, 5) is 26.4. The number of nitrogens with one attached hydrogen (secondary N) is 1. The second kappa shape index (κ2) is 7.85. The van der Waals surface area contributed by atoms with Gasteiger partial charge in [-0.25, -0.2) is 4.39 Å². The number of nitrogens with zero attached hydrogens (tertiary/aromatic N) is 1. The van der Waals surface area contributed by atoms with Crippen LogP contribution in [0.1, 0.15) is 22.3 Å². The predicted molar refractivity (Wildman–Crippen MR) is 95.1 cm³/mol. The Hall–Kier alpha value is -2.44. The van der Waals surface area contributed by atoms with E-state index in [9.17, 15) is 19.1 Å². The first-order valence-corrected chi connectivity index (χ1v) is 8.58. The van der Waals surface area contributed by atoms with Crippen LogP contribution in [-0.4, -0.2) is 40.5 Å². The van der Waals surface area contributed by atoms with Gasteiger partial charge in [0, 0.05) is 30.1 Å². The molecule has 1 heterocycles. The van der Waals surface area contributed by atoms with Crippen LogP contribution in [0.4, 0.5) is 4.39 Å². The quantitative estimate of drug-likeness (QED) is 0.860. The average molecular weight is 377 g/mol. The largest absolute Gasteiger partial charge is 0.391 e. The predicted octanol–water partition coefficient (Wildman–Crippen LogP) is 2.37. The summed E-state index contributed by atoms with van der Waals surface area (Å²) in [5.41, 5.74) is 1.01. The molecule has 136 valence electrons. The number of β-amino-alcohol motifs (C(OH)–C–C–N with tert-alkyl or cyclic N) is 1. The highest BCUT2D eigenvalue weighted by molar-refractivity contribution is 6.30. The number of rotatable bonds is 4. The van der Waals surface area contributed by atoms with Gasteiger partial charge in [0.25, 0.3) is 5.91 Å². The Morgan fingerprint density at radius 3 is 2.65 bits per heavy atom. The van der Waals surface area contributed by atoms with E-state index in [0.29, 0.717) is 5.02 Å². The van der Waals surface area contributed by atoms with E-state index in [1.165, 1.54) is 23.1 Å². The Balaban J connectivity index is 1.69. The number of likely N-dealkylation sites (tertiary alicyclic amines) is 1. The molecule has 1 fully saturated rings. The lowest BCUT2D eigenvalue weighted by atomic mass is 10.1. The van der Waals surface area contributed by atoms with Crippen LogP contribution >= 0.6 is 11.6 Å². The number of hydrogen-bond acceptors (Lipinski definition) is 3. The molecule has 7 heteroatoms. The van der Waals surface area contributed by atoms with E-state index in [4.69, 9.17) is 11.6 Å². The van der Waals surface area contributed by atoms with Crippen LogP contribution in [0, 0.1) is 5.82 Å². The van der Waals surface area contributed by atoms with E-state index in [2.05, 4.69) is 5.32 Å². The van der Waals surface area contributed by atoms with Crippen LogP contribution in [0.3, 0.4) is 0 Å². The normalized spacial score (nSPS) is 19.4. The minimum Gasteiger partial charge on any atom is -0.391 e. The highest BCUT2D eigenvalue weighted by Gasteiger charge is 2.39. The summed E-state index contributed by atoms with van der Waals surface area (Å²) in [5.74, 6) is -1.37. The number of hydrogen-bond donors (Lipinski definition) is 2. The van der Waals surface area contributed by atoms with E-state index in [0.717, 1.165) is 11.6 Å². The molecular weight excluding hydrogens is 359 g/mol. The zero-order valence-corrected chi connectivity index (χ0v) is 14.6. The third-order valence-corrected chi connectivity index (χ3v) is 4.55. The summed E-state index contributed by atoms with van der Waals surface area (Å²) < 4.78 is 13.4. The molecule has 5 nitrogen and oxygen atoms in total. The molecule has 1 saturated heterocycles. The maximum absolute atomic E-state index is 13.4. The smallest absolute Gasteiger partial charge is 0.254 e. The highest BCUT2D eigenvalue weighted by Crippen LogP contribution is 2.21. The second-order valence-electron chi connectivity index (χ2n) is 6.22. The number of halogens is 2. The molecule has 2 aromatic rings. The highest BCUT2D eigenvalue weighted by atomic mass is 35.5. The van der Waals surface area contributed by atoms with Crippen LogP contribution in [0.2, 0.25) is 5.02 Å². The molecular formula is C19H18ClFN2O3. The molecule has 1 aliphatic rings. The number of carbonyl (C=O) groups excluding carboxylic acids is 2. The first kappa shape index (κ1) is 18.4. The van der Waals surface area contributed by atoms with Crippen molar-refractivity contribution in [2.24, 2.45) is 0 Å². The summed E-state index contributed by atoms with van der Waals surface area (Å²) in [6.07, 6.45) is -0.646. The second-order valence-corrected chi connectivity index (χ2v) is 6.65.